The van der Waals surface area contributed by atoms with Crippen molar-refractivity contribution < 1.29 is 4.92 Å². The van der Waals surface area contributed by atoms with Crippen LogP contribution in [-0.2, 0) is 0 Å². The van der Waals surface area contributed by atoms with Gasteiger partial charge in [0.1, 0.15) is 5.02 Å². The first-order valence-corrected chi connectivity index (χ1v) is 4.83. The lowest BCUT2D eigenvalue weighted by atomic mass is 10.0. The van der Waals surface area contributed by atoms with E-state index >= 15 is 0 Å². The predicted molar refractivity (Wildman–Crippen MR) is 58.7 cm³/mol. The molecule has 0 aromatic heterocycles. The van der Waals surface area contributed by atoms with Gasteiger partial charge in [0.15, 0.2) is 0 Å². The summed E-state index contributed by atoms with van der Waals surface area (Å²) in [6.45, 7) is 0.442. The minimum Gasteiger partial charge on any atom is -0.330 e. The molecule has 0 aliphatic heterocycles. The van der Waals surface area contributed by atoms with Crippen LogP contribution >= 0.6 is 11.6 Å². The molecule has 0 aliphatic rings. The van der Waals surface area contributed by atoms with Gasteiger partial charge in [0.2, 0.25) is 0 Å². The van der Waals surface area contributed by atoms with Crippen LogP contribution in [0.25, 0.3) is 0 Å². The van der Waals surface area contributed by atoms with E-state index < -0.39 is 4.92 Å². The zero-order chi connectivity index (χ0) is 11.4. The van der Waals surface area contributed by atoms with Gasteiger partial charge < -0.3 is 11.5 Å². The minimum atomic E-state index is -0.527. The Morgan fingerprint density at radius 3 is 2.73 bits per heavy atom. The fraction of sp³-hybridized carbons (Fsp3) is 0.333. The molecule has 5 nitrogen and oxygen atoms in total. The van der Waals surface area contributed by atoms with Crippen LogP contribution in [0.5, 0.6) is 0 Å². The Balaban J connectivity index is 3.02. The molecule has 0 heterocycles. The molecule has 0 unspecified atom stereocenters. The molecule has 0 fully saturated rings. The number of nitro groups is 1. The third-order valence-electron chi connectivity index (χ3n) is 2.07. The average Bonchev–Trinajstić information content (AvgIpc) is 2.18. The lowest BCUT2D eigenvalue weighted by Crippen LogP contribution is -2.15. The van der Waals surface area contributed by atoms with Gasteiger partial charge in [-0.2, -0.15) is 0 Å². The van der Waals surface area contributed by atoms with Gasteiger partial charge in [-0.3, -0.25) is 10.1 Å². The molecule has 1 aromatic rings. The first kappa shape index (κ1) is 11.9. The number of nitro benzene ring substituents is 1. The van der Waals surface area contributed by atoms with Crippen LogP contribution in [0.4, 0.5) is 5.69 Å². The van der Waals surface area contributed by atoms with E-state index in [9.17, 15) is 10.1 Å². The molecule has 1 rings (SSSR count). The molecule has 4 N–H and O–H groups in total. The second kappa shape index (κ2) is 5.06. The predicted octanol–water partition coefficient (Wildman–Crippen LogP) is 1.60. The summed E-state index contributed by atoms with van der Waals surface area (Å²) in [6.07, 6.45) is 0.582. The lowest BCUT2D eigenvalue weighted by molar-refractivity contribution is -0.384. The number of hydrogen-bond acceptors (Lipinski definition) is 4. The SMILES string of the molecule is NCC[C@H](N)c1ccc(Cl)c([N+](=O)[O-])c1. The van der Waals surface area contributed by atoms with Crippen molar-refractivity contribution in [1.82, 2.24) is 0 Å². The zero-order valence-corrected chi connectivity index (χ0v) is 8.78. The van der Waals surface area contributed by atoms with Crippen LogP contribution in [0, 0.1) is 10.1 Å². The highest BCUT2D eigenvalue weighted by molar-refractivity contribution is 6.32. The highest BCUT2D eigenvalue weighted by atomic mass is 35.5. The van der Waals surface area contributed by atoms with Crippen LogP contribution in [-0.4, -0.2) is 11.5 Å². The number of halogens is 1. The summed E-state index contributed by atoms with van der Waals surface area (Å²) in [5.74, 6) is 0. The van der Waals surface area contributed by atoms with Gasteiger partial charge in [-0.15, -0.1) is 0 Å². The smallest absolute Gasteiger partial charge is 0.288 e. The van der Waals surface area contributed by atoms with E-state index in [1.807, 2.05) is 0 Å². The molecule has 1 atom stereocenters. The van der Waals surface area contributed by atoms with Crippen molar-refractivity contribution in [1.29, 1.82) is 0 Å². The Morgan fingerprint density at radius 2 is 2.20 bits per heavy atom. The summed E-state index contributed by atoms with van der Waals surface area (Å²) in [5.41, 5.74) is 11.7. The molecule has 0 saturated heterocycles. The monoisotopic (exact) mass is 229 g/mol. The summed E-state index contributed by atoms with van der Waals surface area (Å²) < 4.78 is 0. The van der Waals surface area contributed by atoms with Crippen molar-refractivity contribution in [2.75, 3.05) is 6.54 Å². The maximum Gasteiger partial charge on any atom is 0.288 e. The molecule has 0 bridgehead atoms. The maximum absolute atomic E-state index is 10.6. The van der Waals surface area contributed by atoms with Crippen molar-refractivity contribution in [3.05, 3.63) is 38.9 Å². The van der Waals surface area contributed by atoms with Crippen molar-refractivity contribution in [3.63, 3.8) is 0 Å². The van der Waals surface area contributed by atoms with Gasteiger partial charge in [0, 0.05) is 12.1 Å². The van der Waals surface area contributed by atoms with Crippen LogP contribution < -0.4 is 11.5 Å². The number of nitrogens with two attached hydrogens (primary N) is 2. The minimum absolute atomic E-state index is 0.115. The van der Waals surface area contributed by atoms with E-state index in [1.54, 1.807) is 6.07 Å². The Labute approximate surface area is 92.2 Å². The topological polar surface area (TPSA) is 95.2 Å². The van der Waals surface area contributed by atoms with Crippen LogP contribution in [0.15, 0.2) is 18.2 Å². The first-order valence-electron chi connectivity index (χ1n) is 4.45. The van der Waals surface area contributed by atoms with Crippen LogP contribution in [0.2, 0.25) is 5.02 Å². The number of rotatable bonds is 4. The maximum atomic E-state index is 10.6. The van der Waals surface area contributed by atoms with Gasteiger partial charge in [0.05, 0.1) is 4.92 Å². The average molecular weight is 230 g/mol. The Bertz CT molecular complexity index is 370. The first-order chi connectivity index (χ1) is 7.06. The summed E-state index contributed by atoms with van der Waals surface area (Å²) in [5, 5.41) is 10.7. The van der Waals surface area contributed by atoms with E-state index in [2.05, 4.69) is 0 Å². The molecular formula is C9H12ClN3O2. The van der Waals surface area contributed by atoms with Crippen molar-refractivity contribution in [2.24, 2.45) is 11.5 Å². The summed E-state index contributed by atoms with van der Waals surface area (Å²) in [4.78, 5) is 10.1. The third-order valence-corrected chi connectivity index (χ3v) is 2.39. The largest absolute Gasteiger partial charge is 0.330 e. The molecule has 82 valence electrons. The van der Waals surface area contributed by atoms with E-state index in [-0.39, 0.29) is 16.8 Å². The summed E-state index contributed by atoms with van der Waals surface area (Å²) >= 11 is 5.67. The van der Waals surface area contributed by atoms with Crippen molar-refractivity contribution in [3.8, 4) is 0 Å². The lowest BCUT2D eigenvalue weighted by Gasteiger charge is -2.10. The van der Waals surface area contributed by atoms with Gasteiger partial charge in [-0.25, -0.2) is 0 Å². The summed E-state index contributed by atoms with van der Waals surface area (Å²) in [7, 11) is 0. The Kier molecular flexibility index (Phi) is 4.02. The third kappa shape index (κ3) is 2.89. The van der Waals surface area contributed by atoms with Gasteiger partial charge >= 0.3 is 0 Å². The molecule has 0 amide bonds. The number of nitrogens with zero attached hydrogens (tertiary/aromatic N) is 1. The van der Waals surface area contributed by atoms with Crippen LogP contribution in [0.1, 0.15) is 18.0 Å². The molecule has 0 radical (unpaired) electrons. The highest BCUT2D eigenvalue weighted by Crippen LogP contribution is 2.27. The molecule has 6 heteroatoms. The van der Waals surface area contributed by atoms with Gasteiger partial charge in [-0.1, -0.05) is 17.7 Å². The summed E-state index contributed by atoms with van der Waals surface area (Å²) in [6, 6.07) is 4.26. The van der Waals surface area contributed by atoms with E-state index in [4.69, 9.17) is 23.1 Å². The van der Waals surface area contributed by atoms with Crippen LogP contribution in [0.3, 0.4) is 0 Å². The van der Waals surface area contributed by atoms with E-state index in [0.717, 1.165) is 0 Å². The van der Waals surface area contributed by atoms with Gasteiger partial charge in [0.25, 0.3) is 5.69 Å². The zero-order valence-electron chi connectivity index (χ0n) is 8.02. The second-order valence-corrected chi connectivity index (χ2v) is 3.56. The molecule has 0 saturated carbocycles. The van der Waals surface area contributed by atoms with Crippen molar-refractivity contribution >= 4 is 17.3 Å². The highest BCUT2D eigenvalue weighted by Gasteiger charge is 2.15. The Hall–Kier alpha value is -1.17. The fourth-order valence-electron chi connectivity index (χ4n) is 1.25. The normalized spacial score (nSPS) is 12.5. The fourth-order valence-corrected chi connectivity index (χ4v) is 1.43. The molecule has 1 aromatic carbocycles. The van der Waals surface area contributed by atoms with E-state index in [1.165, 1.54) is 12.1 Å². The molecule has 0 spiro atoms. The standard InChI is InChI=1S/C9H12ClN3O2/c10-7-2-1-6(8(12)3-4-11)5-9(7)13(14)15/h1-2,5,8H,3-4,11-12H2/t8-/m0/s1. The van der Waals surface area contributed by atoms with Gasteiger partial charge in [-0.05, 0) is 24.6 Å². The molecule has 0 aliphatic carbocycles. The second-order valence-electron chi connectivity index (χ2n) is 3.15. The quantitative estimate of drug-likeness (QED) is 0.606. The number of benzene rings is 1. The van der Waals surface area contributed by atoms with Crippen molar-refractivity contribution in [2.45, 2.75) is 12.5 Å². The Morgan fingerprint density at radius 1 is 1.53 bits per heavy atom. The number of hydrogen-bond donors (Lipinski definition) is 2. The molecule has 15 heavy (non-hydrogen) atoms. The molecular weight excluding hydrogens is 218 g/mol. The van der Waals surface area contributed by atoms with E-state index in [0.29, 0.717) is 18.5 Å².